The Bertz CT molecular complexity index is 1000. The van der Waals surface area contributed by atoms with Gasteiger partial charge in [-0.25, -0.2) is 4.98 Å². The van der Waals surface area contributed by atoms with Crippen LogP contribution in [0.1, 0.15) is 52.9 Å². The van der Waals surface area contributed by atoms with Crippen LogP contribution in [0.3, 0.4) is 0 Å². The Kier molecular flexibility index (Phi) is 4.86. The van der Waals surface area contributed by atoms with Gasteiger partial charge in [-0.2, -0.15) is 0 Å². The number of aliphatic carboxylic acids is 1. The number of carboxylic acids is 1. The lowest BCUT2D eigenvalue weighted by Gasteiger charge is -2.44. The van der Waals surface area contributed by atoms with Crippen molar-refractivity contribution in [2.45, 2.75) is 57.7 Å². The van der Waals surface area contributed by atoms with E-state index >= 15 is 0 Å². The number of aryl methyl sites for hydroxylation is 1. The van der Waals surface area contributed by atoms with Crippen molar-refractivity contribution in [3.8, 4) is 0 Å². The average molecular weight is 412 g/mol. The minimum absolute atomic E-state index is 0.0633. The highest BCUT2D eigenvalue weighted by Crippen LogP contribution is 2.48. The molecule has 30 heavy (non-hydrogen) atoms. The molecule has 1 heterocycles. The second kappa shape index (κ2) is 7.03. The number of hydrogen-bond donors (Lipinski definition) is 3. The van der Waals surface area contributed by atoms with Crippen molar-refractivity contribution in [1.29, 1.82) is 0 Å². The van der Waals surface area contributed by atoms with Crippen molar-refractivity contribution >= 4 is 11.8 Å². The Morgan fingerprint density at radius 3 is 2.43 bits per heavy atom. The van der Waals surface area contributed by atoms with E-state index in [4.69, 9.17) is 0 Å². The van der Waals surface area contributed by atoms with Gasteiger partial charge in [0.05, 0.1) is 23.0 Å². The van der Waals surface area contributed by atoms with Gasteiger partial charge < -0.3 is 19.9 Å². The maximum Gasteiger partial charge on any atom is 0.308 e. The van der Waals surface area contributed by atoms with E-state index in [2.05, 4.69) is 4.98 Å². The molecular weight excluding hydrogens is 384 g/mol. The van der Waals surface area contributed by atoms with E-state index in [1.54, 1.807) is 25.5 Å². The number of carboxylic acid groups (broad SMARTS) is 1. The number of aromatic nitrogens is 2. The van der Waals surface area contributed by atoms with Gasteiger partial charge in [-0.15, -0.1) is 0 Å². The molecule has 2 aliphatic carbocycles. The average Bonchev–Trinajstić information content (AvgIpc) is 3.17. The third kappa shape index (κ3) is 2.91. The molecule has 1 aromatic heterocycles. The molecule has 7 heteroatoms. The number of rotatable bonds is 5. The summed E-state index contributed by atoms with van der Waals surface area (Å²) in [6, 6.07) is 7.71. The van der Waals surface area contributed by atoms with E-state index in [-0.39, 0.29) is 25.0 Å². The summed E-state index contributed by atoms with van der Waals surface area (Å²) in [5.74, 6) is -2.01. The number of aliphatic hydroxyl groups excluding tert-OH is 1. The zero-order valence-corrected chi connectivity index (χ0v) is 17.6. The van der Waals surface area contributed by atoms with Crippen LogP contribution in [-0.4, -0.2) is 48.3 Å². The Labute approximate surface area is 175 Å². The fourth-order valence-electron chi connectivity index (χ4n) is 5.52. The Hall–Kier alpha value is -2.51. The first-order valence-corrected chi connectivity index (χ1v) is 10.4. The number of benzene rings is 1. The normalized spacial score (nSPS) is 25.6. The Balaban J connectivity index is 1.72. The number of hydrogen-bond acceptors (Lipinski definition) is 5. The Morgan fingerprint density at radius 2 is 1.90 bits per heavy atom. The van der Waals surface area contributed by atoms with Gasteiger partial charge in [-0.1, -0.05) is 31.2 Å². The van der Waals surface area contributed by atoms with Crippen LogP contribution >= 0.6 is 0 Å². The first-order chi connectivity index (χ1) is 14.1. The molecule has 0 radical (unpaired) electrons. The maximum absolute atomic E-state index is 13.6. The summed E-state index contributed by atoms with van der Waals surface area (Å²) in [5, 5.41) is 32.6. The van der Waals surface area contributed by atoms with Gasteiger partial charge in [-0.05, 0) is 24.5 Å². The topological polar surface area (TPSA) is 113 Å². The molecule has 0 saturated carbocycles. The Morgan fingerprint density at radius 1 is 1.30 bits per heavy atom. The molecule has 4 rings (SSSR count). The minimum atomic E-state index is -1.52. The lowest BCUT2D eigenvalue weighted by molar-refractivity contribution is -0.151. The molecule has 3 N–H and O–H groups in total. The number of carbonyl (C=O) groups excluding carboxylic acids is 1. The number of fused-ring (bicyclic) bond motifs is 2. The summed E-state index contributed by atoms with van der Waals surface area (Å²) in [7, 11) is 1.77. The van der Waals surface area contributed by atoms with Gasteiger partial charge in [-0.3, -0.25) is 9.59 Å². The predicted octanol–water partition coefficient (Wildman–Crippen LogP) is 1.85. The second-order valence-corrected chi connectivity index (χ2v) is 8.90. The molecule has 2 aliphatic rings. The molecule has 0 aliphatic heterocycles. The van der Waals surface area contributed by atoms with Crippen molar-refractivity contribution in [3.63, 3.8) is 0 Å². The standard InChI is InChI=1S/C23H28N2O5/c1-4-23(18(26)12-22(30)10-14-7-5-6-8-15(14)11-22)16(21(28)29)9-17-19(20(23)27)24-13(2)25(17)3/h5-8,16,18,26,30H,4,9-12H2,1-3H3,(H,28,29). The number of carbonyl (C=O) groups is 2. The summed E-state index contributed by atoms with van der Waals surface area (Å²) in [4.78, 5) is 30.2. The van der Waals surface area contributed by atoms with E-state index < -0.39 is 34.8 Å². The molecule has 1 aromatic carbocycles. The van der Waals surface area contributed by atoms with Crippen LogP contribution < -0.4 is 0 Å². The highest BCUT2D eigenvalue weighted by atomic mass is 16.4. The zero-order chi connectivity index (χ0) is 21.8. The molecule has 0 fully saturated rings. The van der Waals surface area contributed by atoms with Crippen LogP contribution in [0.5, 0.6) is 0 Å². The molecule has 3 unspecified atom stereocenters. The van der Waals surface area contributed by atoms with E-state index in [0.29, 0.717) is 24.4 Å². The summed E-state index contributed by atoms with van der Waals surface area (Å²) >= 11 is 0. The maximum atomic E-state index is 13.6. The smallest absolute Gasteiger partial charge is 0.308 e. The third-order valence-corrected chi connectivity index (χ3v) is 7.30. The summed E-state index contributed by atoms with van der Waals surface area (Å²) < 4.78 is 1.75. The highest BCUT2D eigenvalue weighted by molar-refractivity contribution is 6.04. The lowest BCUT2D eigenvalue weighted by Crippen LogP contribution is -2.56. The van der Waals surface area contributed by atoms with Crippen molar-refractivity contribution in [2.24, 2.45) is 18.4 Å². The zero-order valence-electron chi connectivity index (χ0n) is 17.6. The molecule has 0 saturated heterocycles. The number of nitrogens with zero attached hydrogens (tertiary/aromatic N) is 2. The van der Waals surface area contributed by atoms with Crippen LogP contribution in [0.25, 0.3) is 0 Å². The summed E-state index contributed by atoms with van der Waals surface area (Å²) in [6.07, 6.45) is -0.336. The fraction of sp³-hybridized carbons (Fsp3) is 0.522. The molecule has 3 atom stereocenters. The molecule has 160 valence electrons. The molecule has 2 aromatic rings. The van der Waals surface area contributed by atoms with Crippen LogP contribution in [0.15, 0.2) is 24.3 Å². The minimum Gasteiger partial charge on any atom is -0.481 e. The second-order valence-electron chi connectivity index (χ2n) is 8.90. The molecular formula is C23H28N2O5. The van der Waals surface area contributed by atoms with E-state index in [9.17, 15) is 24.9 Å². The summed E-state index contributed by atoms with van der Waals surface area (Å²) in [6.45, 7) is 3.50. The van der Waals surface area contributed by atoms with Gasteiger partial charge in [0.1, 0.15) is 11.5 Å². The van der Waals surface area contributed by atoms with Crippen LogP contribution in [0.4, 0.5) is 0 Å². The number of ketones is 1. The SMILES string of the molecule is CCC1(C(O)CC2(O)Cc3ccccc3C2)C(=O)c2nc(C)n(C)c2CC1C(=O)O. The first kappa shape index (κ1) is 20.8. The van der Waals surface area contributed by atoms with Crippen LogP contribution in [0, 0.1) is 18.3 Å². The monoisotopic (exact) mass is 412 g/mol. The van der Waals surface area contributed by atoms with E-state index in [1.165, 1.54) is 0 Å². The van der Waals surface area contributed by atoms with Crippen molar-refractivity contribution in [3.05, 3.63) is 52.6 Å². The van der Waals surface area contributed by atoms with Gasteiger partial charge in [0, 0.05) is 38.4 Å². The molecule has 7 nitrogen and oxygen atoms in total. The quantitative estimate of drug-likeness (QED) is 0.691. The van der Waals surface area contributed by atoms with Crippen molar-refractivity contribution in [2.75, 3.05) is 0 Å². The fourth-order valence-corrected chi connectivity index (χ4v) is 5.52. The van der Waals surface area contributed by atoms with Crippen molar-refractivity contribution in [1.82, 2.24) is 9.55 Å². The molecule has 0 spiro atoms. The molecule has 0 bridgehead atoms. The van der Waals surface area contributed by atoms with Gasteiger partial charge in [0.15, 0.2) is 5.78 Å². The summed E-state index contributed by atoms with van der Waals surface area (Å²) in [5.41, 5.74) is 0.137. The van der Waals surface area contributed by atoms with Gasteiger partial charge in [0.2, 0.25) is 0 Å². The van der Waals surface area contributed by atoms with E-state index in [0.717, 1.165) is 11.1 Å². The largest absolute Gasteiger partial charge is 0.481 e. The highest BCUT2D eigenvalue weighted by Gasteiger charge is 2.58. The van der Waals surface area contributed by atoms with Gasteiger partial charge >= 0.3 is 5.97 Å². The van der Waals surface area contributed by atoms with E-state index in [1.807, 2.05) is 24.3 Å². The third-order valence-electron chi connectivity index (χ3n) is 7.30. The molecule has 0 amide bonds. The lowest BCUT2D eigenvalue weighted by atomic mass is 9.59. The number of imidazole rings is 1. The number of Topliss-reactive ketones (excluding diaryl/α,β-unsaturated/α-hetero) is 1. The van der Waals surface area contributed by atoms with Crippen LogP contribution in [-0.2, 0) is 31.1 Å². The van der Waals surface area contributed by atoms with Crippen molar-refractivity contribution < 1.29 is 24.9 Å². The van der Waals surface area contributed by atoms with Gasteiger partial charge in [0.25, 0.3) is 0 Å². The first-order valence-electron chi connectivity index (χ1n) is 10.4. The predicted molar refractivity (Wildman–Crippen MR) is 109 cm³/mol. The van der Waals surface area contributed by atoms with Crippen LogP contribution in [0.2, 0.25) is 0 Å². The number of aliphatic hydroxyl groups is 2.